The van der Waals surface area contributed by atoms with Gasteiger partial charge in [-0.1, -0.05) is 0 Å². The van der Waals surface area contributed by atoms with Crippen LogP contribution in [0.5, 0.6) is 0 Å². The number of H-pyrrole nitrogens is 1. The van der Waals surface area contributed by atoms with Crippen molar-refractivity contribution in [2.45, 2.75) is 18.0 Å². The van der Waals surface area contributed by atoms with Crippen LogP contribution in [-0.2, 0) is 23.1 Å². The lowest BCUT2D eigenvalue weighted by Gasteiger charge is -2.03. The fourth-order valence-electron chi connectivity index (χ4n) is 1.39. The van der Waals surface area contributed by atoms with Gasteiger partial charge in [0.25, 0.3) is 0 Å². The second kappa shape index (κ2) is 5.54. The van der Waals surface area contributed by atoms with Gasteiger partial charge in [-0.3, -0.25) is 0 Å². The van der Waals surface area contributed by atoms with E-state index in [1.54, 1.807) is 0 Å². The van der Waals surface area contributed by atoms with Crippen molar-refractivity contribution in [3.63, 3.8) is 0 Å². The molecule has 0 aliphatic carbocycles. The second-order valence-corrected chi connectivity index (χ2v) is 7.20. The normalized spacial score (nSPS) is 11.9. The summed E-state index contributed by atoms with van der Waals surface area (Å²) < 4.78 is 27.4. The van der Waals surface area contributed by atoms with Gasteiger partial charge in [0.05, 0.1) is 4.90 Å². The monoisotopic (exact) mass is 349 g/mol. The molecule has 8 heteroatoms. The number of halogens is 1. The zero-order valence-electron chi connectivity index (χ0n) is 9.31. The van der Waals surface area contributed by atoms with Gasteiger partial charge >= 0.3 is 0 Å². The van der Waals surface area contributed by atoms with E-state index in [1.807, 2.05) is 11.4 Å². The van der Waals surface area contributed by atoms with Crippen molar-refractivity contribution in [3.05, 3.63) is 38.8 Å². The van der Waals surface area contributed by atoms with E-state index >= 15 is 0 Å². The largest absolute Gasteiger partial charge is 0.363 e. The first kappa shape index (κ1) is 13.8. The van der Waals surface area contributed by atoms with Gasteiger partial charge in [-0.15, -0.1) is 11.3 Å². The lowest BCUT2D eigenvalue weighted by atomic mass is 10.4. The highest BCUT2D eigenvalue weighted by Crippen LogP contribution is 2.23. The molecule has 0 aromatic carbocycles. The van der Waals surface area contributed by atoms with E-state index in [9.17, 15) is 8.42 Å². The Morgan fingerprint density at radius 3 is 2.83 bits per heavy atom. The molecule has 2 heterocycles. The molecular weight excluding hydrogens is 338 g/mol. The predicted octanol–water partition coefficient (Wildman–Crippen LogP) is 1.78. The highest BCUT2D eigenvalue weighted by atomic mass is 79.9. The number of nitrogens with one attached hydrogen (secondary N) is 2. The molecule has 5 nitrogen and oxygen atoms in total. The quantitative estimate of drug-likeness (QED) is 0.768. The second-order valence-electron chi connectivity index (χ2n) is 3.58. The minimum atomic E-state index is -3.49. The van der Waals surface area contributed by atoms with Crippen LogP contribution in [-0.4, -0.2) is 13.4 Å². The summed E-state index contributed by atoms with van der Waals surface area (Å²) in [6, 6.07) is 3.42. The molecule has 0 unspecified atom stereocenters. The average Bonchev–Trinajstić information content (AvgIpc) is 2.95. The highest BCUT2D eigenvalue weighted by Gasteiger charge is 2.16. The maximum atomic E-state index is 12.0. The molecule has 2 rings (SSSR count). The summed E-state index contributed by atoms with van der Waals surface area (Å²) in [7, 11) is -3.49. The minimum Gasteiger partial charge on any atom is -0.363 e. The van der Waals surface area contributed by atoms with Gasteiger partial charge < -0.3 is 10.7 Å². The molecule has 2 aromatic heterocycles. The van der Waals surface area contributed by atoms with Gasteiger partial charge in [-0.25, -0.2) is 13.1 Å². The number of aromatic amines is 1. The first-order chi connectivity index (χ1) is 8.53. The fourth-order valence-corrected chi connectivity index (χ4v) is 3.92. The third kappa shape index (κ3) is 3.01. The SMILES string of the molecule is NCc1cc(S(=O)(=O)NCc2sccc2Br)c[nH]1. The lowest BCUT2D eigenvalue weighted by molar-refractivity contribution is 0.582. The van der Waals surface area contributed by atoms with E-state index in [2.05, 4.69) is 25.6 Å². The number of thiophene rings is 1. The van der Waals surface area contributed by atoms with E-state index in [4.69, 9.17) is 5.73 Å². The van der Waals surface area contributed by atoms with Crippen molar-refractivity contribution in [2.75, 3.05) is 0 Å². The molecule has 0 amide bonds. The Morgan fingerprint density at radius 1 is 1.50 bits per heavy atom. The maximum absolute atomic E-state index is 12.0. The Kier molecular flexibility index (Phi) is 4.23. The number of sulfonamides is 1. The Labute approximate surface area is 118 Å². The van der Waals surface area contributed by atoms with Crippen LogP contribution in [0.1, 0.15) is 10.6 Å². The van der Waals surface area contributed by atoms with Gasteiger partial charge in [-0.05, 0) is 33.4 Å². The van der Waals surface area contributed by atoms with Crippen LogP contribution in [0.25, 0.3) is 0 Å². The smallest absolute Gasteiger partial charge is 0.242 e. The maximum Gasteiger partial charge on any atom is 0.242 e. The molecule has 0 fully saturated rings. The molecule has 0 radical (unpaired) electrons. The molecule has 0 saturated carbocycles. The van der Waals surface area contributed by atoms with Gasteiger partial charge in [0, 0.05) is 34.3 Å². The van der Waals surface area contributed by atoms with Crippen LogP contribution < -0.4 is 10.5 Å². The zero-order chi connectivity index (χ0) is 13.2. The summed E-state index contributed by atoms with van der Waals surface area (Å²) in [6.07, 6.45) is 1.44. The summed E-state index contributed by atoms with van der Waals surface area (Å²) >= 11 is 4.85. The van der Waals surface area contributed by atoms with Gasteiger partial charge in [0.2, 0.25) is 10.0 Å². The number of nitrogens with two attached hydrogens (primary N) is 1. The third-order valence-corrected chi connectivity index (χ3v) is 5.67. The van der Waals surface area contributed by atoms with Gasteiger partial charge in [0.15, 0.2) is 0 Å². The Bertz CT molecular complexity index is 633. The first-order valence-corrected chi connectivity index (χ1v) is 8.27. The van der Waals surface area contributed by atoms with E-state index < -0.39 is 10.0 Å². The minimum absolute atomic E-state index is 0.204. The van der Waals surface area contributed by atoms with E-state index in [1.165, 1.54) is 23.6 Å². The number of hydrogen-bond acceptors (Lipinski definition) is 4. The Morgan fingerprint density at radius 2 is 2.28 bits per heavy atom. The molecular formula is C10H12BrN3O2S2. The molecule has 0 atom stereocenters. The van der Waals surface area contributed by atoms with Crippen molar-refractivity contribution in [3.8, 4) is 0 Å². The van der Waals surface area contributed by atoms with Crippen LogP contribution in [0.15, 0.2) is 33.1 Å². The Balaban J connectivity index is 2.10. The summed E-state index contributed by atoms with van der Waals surface area (Å²) in [4.78, 5) is 3.96. The molecule has 0 aliphatic heterocycles. The summed E-state index contributed by atoms with van der Waals surface area (Å²) in [6.45, 7) is 0.551. The number of rotatable bonds is 5. The van der Waals surface area contributed by atoms with E-state index in [0.717, 1.165) is 9.35 Å². The standard InChI is InChI=1S/C10H12BrN3O2S2/c11-9-1-2-17-10(9)6-14-18(15,16)8-3-7(4-12)13-5-8/h1-3,5,13-14H,4,6,12H2. The molecule has 4 N–H and O–H groups in total. The first-order valence-electron chi connectivity index (χ1n) is 5.12. The van der Waals surface area contributed by atoms with Crippen molar-refractivity contribution >= 4 is 37.3 Å². The fraction of sp³-hybridized carbons (Fsp3) is 0.200. The molecule has 0 aliphatic rings. The third-order valence-electron chi connectivity index (χ3n) is 2.36. The summed E-state index contributed by atoms with van der Waals surface area (Å²) in [5.41, 5.74) is 6.11. The van der Waals surface area contributed by atoms with Crippen molar-refractivity contribution < 1.29 is 8.42 Å². The lowest BCUT2D eigenvalue weighted by Crippen LogP contribution is -2.22. The number of hydrogen-bond donors (Lipinski definition) is 3. The van der Waals surface area contributed by atoms with E-state index in [0.29, 0.717) is 5.69 Å². The van der Waals surface area contributed by atoms with Gasteiger partial charge in [0.1, 0.15) is 0 Å². The molecule has 0 bridgehead atoms. The van der Waals surface area contributed by atoms with Crippen molar-refractivity contribution in [2.24, 2.45) is 5.73 Å². The molecule has 2 aromatic rings. The van der Waals surface area contributed by atoms with Crippen LogP contribution in [0, 0.1) is 0 Å². The van der Waals surface area contributed by atoms with E-state index in [-0.39, 0.29) is 18.0 Å². The zero-order valence-corrected chi connectivity index (χ0v) is 12.5. The Hall–Kier alpha value is -0.670. The molecule has 0 spiro atoms. The van der Waals surface area contributed by atoms with Crippen LogP contribution >= 0.6 is 27.3 Å². The van der Waals surface area contributed by atoms with Crippen molar-refractivity contribution in [1.29, 1.82) is 0 Å². The number of aromatic nitrogens is 1. The summed E-state index contributed by atoms with van der Waals surface area (Å²) in [5.74, 6) is 0. The van der Waals surface area contributed by atoms with Crippen LogP contribution in [0.4, 0.5) is 0 Å². The van der Waals surface area contributed by atoms with Crippen LogP contribution in [0.2, 0.25) is 0 Å². The van der Waals surface area contributed by atoms with Gasteiger partial charge in [-0.2, -0.15) is 0 Å². The van der Waals surface area contributed by atoms with Crippen molar-refractivity contribution in [1.82, 2.24) is 9.71 Å². The topological polar surface area (TPSA) is 88.0 Å². The molecule has 18 heavy (non-hydrogen) atoms. The predicted molar refractivity (Wildman–Crippen MR) is 74.7 cm³/mol. The summed E-state index contributed by atoms with van der Waals surface area (Å²) in [5, 5.41) is 1.90. The molecule has 0 saturated heterocycles. The highest BCUT2D eigenvalue weighted by molar-refractivity contribution is 9.10. The van der Waals surface area contributed by atoms with Crippen LogP contribution in [0.3, 0.4) is 0 Å². The molecule has 98 valence electrons. The average molecular weight is 350 g/mol.